The average Bonchev–Trinajstić information content (AvgIpc) is 2.84. The van der Waals surface area contributed by atoms with E-state index >= 15 is 0 Å². The van der Waals surface area contributed by atoms with E-state index in [1.165, 1.54) is 25.7 Å². The first-order chi connectivity index (χ1) is 8.58. The molecule has 1 fully saturated rings. The van der Waals surface area contributed by atoms with Crippen LogP contribution >= 0.6 is 27.5 Å². The summed E-state index contributed by atoms with van der Waals surface area (Å²) in [5.74, 6) is 0.723. The highest BCUT2D eigenvalue weighted by Crippen LogP contribution is 2.27. The molecule has 0 aromatic heterocycles. The Bertz CT molecular complexity index is 443. The molecule has 1 aliphatic carbocycles. The Kier molecular flexibility index (Phi) is 4.68. The molecule has 1 aliphatic rings. The van der Waals surface area contributed by atoms with Crippen LogP contribution in [0.4, 0.5) is 0 Å². The lowest BCUT2D eigenvalue weighted by Crippen LogP contribution is -2.31. The van der Waals surface area contributed by atoms with E-state index in [4.69, 9.17) is 11.6 Å². The minimum Gasteiger partial charge on any atom is -0.341 e. The number of rotatable bonds is 3. The summed E-state index contributed by atoms with van der Waals surface area (Å²) in [4.78, 5) is 14.1. The summed E-state index contributed by atoms with van der Waals surface area (Å²) in [6.07, 6.45) is 5.10. The zero-order valence-electron chi connectivity index (χ0n) is 10.5. The summed E-state index contributed by atoms with van der Waals surface area (Å²) >= 11 is 9.34. The van der Waals surface area contributed by atoms with Crippen LogP contribution < -0.4 is 0 Å². The fourth-order valence-corrected chi connectivity index (χ4v) is 2.94. The van der Waals surface area contributed by atoms with Crippen molar-refractivity contribution in [2.24, 2.45) is 5.92 Å². The summed E-state index contributed by atoms with van der Waals surface area (Å²) in [7, 11) is 1.87. The Hall–Kier alpha value is -0.540. The molecule has 0 aliphatic heterocycles. The molecular formula is C14H17BrClNO. The van der Waals surface area contributed by atoms with Gasteiger partial charge in [0.15, 0.2) is 0 Å². The quantitative estimate of drug-likeness (QED) is 0.806. The van der Waals surface area contributed by atoms with Gasteiger partial charge in [0.25, 0.3) is 5.91 Å². The molecule has 0 atom stereocenters. The van der Waals surface area contributed by atoms with Gasteiger partial charge in [-0.3, -0.25) is 4.79 Å². The molecular weight excluding hydrogens is 314 g/mol. The van der Waals surface area contributed by atoms with Gasteiger partial charge in [0, 0.05) is 23.6 Å². The molecule has 1 aromatic rings. The molecule has 1 saturated carbocycles. The standard InChI is InChI=1S/C14H17BrClNO/c1-17(9-10-4-2-3-5-10)14(18)11-6-7-12(15)13(16)8-11/h6-8,10H,2-5,9H2,1H3. The van der Waals surface area contributed by atoms with Gasteiger partial charge >= 0.3 is 0 Å². The molecule has 2 rings (SSSR count). The smallest absolute Gasteiger partial charge is 0.253 e. The van der Waals surface area contributed by atoms with E-state index in [-0.39, 0.29) is 5.91 Å². The van der Waals surface area contributed by atoms with Crippen molar-refractivity contribution in [3.63, 3.8) is 0 Å². The second kappa shape index (κ2) is 6.07. The molecule has 0 spiro atoms. The summed E-state index contributed by atoms with van der Waals surface area (Å²) in [6, 6.07) is 5.35. The topological polar surface area (TPSA) is 20.3 Å². The van der Waals surface area contributed by atoms with Crippen molar-refractivity contribution in [2.45, 2.75) is 25.7 Å². The zero-order chi connectivity index (χ0) is 13.1. The summed E-state index contributed by atoms with van der Waals surface area (Å²) in [5, 5.41) is 0.579. The molecule has 98 valence electrons. The fourth-order valence-electron chi connectivity index (χ4n) is 2.51. The van der Waals surface area contributed by atoms with E-state index in [0.717, 1.165) is 11.0 Å². The van der Waals surface area contributed by atoms with E-state index in [1.54, 1.807) is 6.07 Å². The Morgan fingerprint density at radius 1 is 1.44 bits per heavy atom. The van der Waals surface area contributed by atoms with E-state index in [0.29, 0.717) is 16.5 Å². The van der Waals surface area contributed by atoms with Gasteiger partial charge in [0.1, 0.15) is 0 Å². The van der Waals surface area contributed by atoms with E-state index in [1.807, 2.05) is 24.1 Å². The Balaban J connectivity index is 2.02. The van der Waals surface area contributed by atoms with Crippen LogP contribution in [0, 0.1) is 5.92 Å². The molecule has 0 saturated heterocycles. The van der Waals surface area contributed by atoms with Gasteiger partial charge in [-0.25, -0.2) is 0 Å². The molecule has 0 bridgehead atoms. The number of carbonyl (C=O) groups excluding carboxylic acids is 1. The van der Waals surface area contributed by atoms with Crippen LogP contribution in [0.1, 0.15) is 36.0 Å². The second-order valence-electron chi connectivity index (χ2n) is 4.97. The summed E-state index contributed by atoms with van der Waals surface area (Å²) in [6.45, 7) is 0.854. The third-order valence-electron chi connectivity index (χ3n) is 3.52. The first kappa shape index (κ1) is 13.9. The third-order valence-corrected chi connectivity index (χ3v) is 4.75. The number of carbonyl (C=O) groups is 1. The molecule has 1 amide bonds. The number of hydrogen-bond donors (Lipinski definition) is 0. The molecule has 0 unspecified atom stereocenters. The fraction of sp³-hybridized carbons (Fsp3) is 0.500. The highest BCUT2D eigenvalue weighted by Gasteiger charge is 2.20. The normalized spacial score (nSPS) is 15.9. The minimum atomic E-state index is 0.0521. The minimum absolute atomic E-state index is 0.0521. The average molecular weight is 331 g/mol. The third kappa shape index (κ3) is 3.27. The van der Waals surface area contributed by atoms with Crippen molar-refractivity contribution >= 4 is 33.4 Å². The van der Waals surface area contributed by atoms with Crippen molar-refractivity contribution < 1.29 is 4.79 Å². The van der Waals surface area contributed by atoms with Gasteiger partial charge in [-0.15, -0.1) is 0 Å². The highest BCUT2D eigenvalue weighted by atomic mass is 79.9. The van der Waals surface area contributed by atoms with Crippen LogP contribution in [0.25, 0.3) is 0 Å². The highest BCUT2D eigenvalue weighted by molar-refractivity contribution is 9.10. The van der Waals surface area contributed by atoms with Gasteiger partial charge in [-0.2, -0.15) is 0 Å². The monoisotopic (exact) mass is 329 g/mol. The predicted octanol–water partition coefficient (Wildman–Crippen LogP) is 4.36. The molecule has 0 radical (unpaired) electrons. The number of halogens is 2. The molecule has 18 heavy (non-hydrogen) atoms. The number of nitrogens with zero attached hydrogens (tertiary/aromatic N) is 1. The maximum Gasteiger partial charge on any atom is 0.253 e. The number of amides is 1. The summed E-state index contributed by atoms with van der Waals surface area (Å²) < 4.78 is 0.819. The van der Waals surface area contributed by atoms with Crippen molar-refractivity contribution in [3.05, 3.63) is 33.3 Å². The molecule has 1 aromatic carbocycles. The SMILES string of the molecule is CN(CC1CCCC1)C(=O)c1ccc(Br)c(Cl)c1. The first-order valence-electron chi connectivity index (χ1n) is 6.28. The van der Waals surface area contributed by atoms with Crippen LogP contribution in [0.2, 0.25) is 5.02 Å². The van der Waals surface area contributed by atoms with E-state index in [9.17, 15) is 4.79 Å². The largest absolute Gasteiger partial charge is 0.341 e. The van der Waals surface area contributed by atoms with Crippen molar-refractivity contribution in [1.82, 2.24) is 4.90 Å². The van der Waals surface area contributed by atoms with Crippen molar-refractivity contribution in [1.29, 1.82) is 0 Å². The maximum atomic E-state index is 12.2. The Morgan fingerprint density at radius 2 is 2.11 bits per heavy atom. The van der Waals surface area contributed by atoms with Gasteiger partial charge < -0.3 is 4.90 Å². The lowest BCUT2D eigenvalue weighted by molar-refractivity contribution is 0.0773. The van der Waals surface area contributed by atoms with Crippen molar-refractivity contribution in [2.75, 3.05) is 13.6 Å². The zero-order valence-corrected chi connectivity index (χ0v) is 12.8. The van der Waals surface area contributed by atoms with Gasteiger partial charge in [-0.1, -0.05) is 24.4 Å². The van der Waals surface area contributed by atoms with E-state index < -0.39 is 0 Å². The molecule has 0 N–H and O–H groups in total. The molecule has 2 nitrogen and oxygen atoms in total. The lowest BCUT2D eigenvalue weighted by atomic mass is 10.1. The second-order valence-corrected chi connectivity index (χ2v) is 6.23. The Labute approximate surface area is 121 Å². The van der Waals surface area contributed by atoms with Gasteiger partial charge in [0.2, 0.25) is 0 Å². The predicted molar refractivity (Wildman–Crippen MR) is 78.1 cm³/mol. The Morgan fingerprint density at radius 3 is 2.72 bits per heavy atom. The van der Waals surface area contributed by atoms with Crippen LogP contribution in [0.15, 0.2) is 22.7 Å². The molecule has 0 heterocycles. The van der Waals surface area contributed by atoms with Crippen LogP contribution in [0.5, 0.6) is 0 Å². The van der Waals surface area contributed by atoms with Gasteiger partial charge in [-0.05, 0) is 52.9 Å². The van der Waals surface area contributed by atoms with Gasteiger partial charge in [0.05, 0.1) is 5.02 Å². The van der Waals surface area contributed by atoms with Crippen LogP contribution in [-0.4, -0.2) is 24.4 Å². The summed E-state index contributed by atoms with van der Waals surface area (Å²) in [5.41, 5.74) is 0.656. The van der Waals surface area contributed by atoms with E-state index in [2.05, 4.69) is 15.9 Å². The number of hydrogen-bond acceptors (Lipinski definition) is 1. The van der Waals surface area contributed by atoms with Crippen LogP contribution in [0.3, 0.4) is 0 Å². The number of benzene rings is 1. The molecule has 4 heteroatoms. The lowest BCUT2D eigenvalue weighted by Gasteiger charge is -2.21. The van der Waals surface area contributed by atoms with Crippen molar-refractivity contribution in [3.8, 4) is 0 Å². The first-order valence-corrected chi connectivity index (χ1v) is 7.45. The maximum absolute atomic E-state index is 12.2. The van der Waals surface area contributed by atoms with Crippen LogP contribution in [-0.2, 0) is 0 Å².